The summed E-state index contributed by atoms with van der Waals surface area (Å²) < 4.78 is 133. The molecule has 288 valence electrons. The molecule has 6 aromatic rings. The van der Waals surface area contributed by atoms with Gasteiger partial charge in [0, 0.05) is 61.0 Å². The van der Waals surface area contributed by atoms with Gasteiger partial charge in [0.15, 0.2) is 34.8 Å². The second-order valence-electron chi connectivity index (χ2n) is 12.2. The van der Waals surface area contributed by atoms with E-state index in [0.29, 0.717) is 0 Å². The van der Waals surface area contributed by atoms with Crippen molar-refractivity contribution < 1.29 is 48.0 Å². The molecule has 0 unspecified atom stereocenters. The second kappa shape index (κ2) is 14.8. The zero-order valence-corrected chi connectivity index (χ0v) is 30.8. The van der Waals surface area contributed by atoms with Crippen LogP contribution in [0.3, 0.4) is 0 Å². The summed E-state index contributed by atoms with van der Waals surface area (Å²) in [5.41, 5.74) is -2.56. The molecule has 55 heavy (non-hydrogen) atoms. The van der Waals surface area contributed by atoms with E-state index in [1.165, 1.54) is 50.2 Å². The lowest BCUT2D eigenvalue weighted by atomic mass is 9.98. The number of aryl methyl sites for hydroxylation is 2. The molecule has 0 saturated heterocycles. The Labute approximate surface area is 310 Å². The molecular weight excluding hydrogens is 773 g/mol. The smallest absolute Gasteiger partial charge is 0.340 e. The molecule has 4 N–H and O–H groups in total. The largest absolute Gasteiger partial charge is 0.451 e. The van der Waals surface area contributed by atoms with Crippen molar-refractivity contribution in [3.8, 4) is 11.5 Å². The minimum Gasteiger partial charge on any atom is -0.451 e. The number of hydrogen-bond donors (Lipinski definition) is 4. The third-order valence-corrected chi connectivity index (χ3v) is 10.9. The van der Waals surface area contributed by atoms with Crippen molar-refractivity contribution in [3.05, 3.63) is 138 Å². The Bertz CT molecular complexity index is 2690. The highest BCUT2D eigenvalue weighted by molar-refractivity contribution is 7.91. The van der Waals surface area contributed by atoms with Crippen LogP contribution >= 0.6 is 0 Å². The SMILES string of the molecule is CNS(=O)(=O)Nc1cccc(Cc2c(C)c3cc(F)c(Oc4cc5oc(=O)c(Cc6cccc(NS(=O)(=O)NC)c6F)c(C)c5cc4F)cc3oc2=O)c1F. The quantitative estimate of drug-likeness (QED) is 0.0877. The average Bonchev–Trinajstić information content (AvgIpc) is 3.13. The Balaban J connectivity index is 1.30. The van der Waals surface area contributed by atoms with E-state index in [-0.39, 0.29) is 79.5 Å². The molecule has 4 aromatic carbocycles. The number of hydrogen-bond acceptors (Lipinski definition) is 9. The fourth-order valence-electron chi connectivity index (χ4n) is 5.83. The lowest BCUT2D eigenvalue weighted by Gasteiger charge is -2.14. The van der Waals surface area contributed by atoms with Crippen molar-refractivity contribution in [2.75, 3.05) is 23.5 Å². The highest BCUT2D eigenvalue weighted by Crippen LogP contribution is 2.35. The van der Waals surface area contributed by atoms with Crippen LogP contribution in [-0.2, 0) is 33.3 Å². The summed E-state index contributed by atoms with van der Waals surface area (Å²) >= 11 is 0. The summed E-state index contributed by atoms with van der Waals surface area (Å²) in [4.78, 5) is 26.2. The topological polar surface area (TPSA) is 186 Å². The van der Waals surface area contributed by atoms with E-state index in [1.54, 1.807) is 0 Å². The van der Waals surface area contributed by atoms with E-state index in [1.807, 2.05) is 18.9 Å². The van der Waals surface area contributed by atoms with Gasteiger partial charge in [0.05, 0.1) is 11.4 Å². The van der Waals surface area contributed by atoms with Crippen LogP contribution in [0.2, 0.25) is 0 Å². The van der Waals surface area contributed by atoms with Crippen LogP contribution in [0.5, 0.6) is 11.5 Å². The number of rotatable bonds is 12. The summed E-state index contributed by atoms with van der Waals surface area (Å²) in [5, 5.41) is 0.225. The molecule has 0 aliphatic carbocycles. The number of nitrogens with one attached hydrogen (secondary N) is 4. The maximum Gasteiger partial charge on any atom is 0.340 e. The maximum atomic E-state index is 15.5. The molecule has 19 heteroatoms. The molecule has 0 fully saturated rings. The van der Waals surface area contributed by atoms with Gasteiger partial charge in [-0.15, -0.1) is 0 Å². The Morgan fingerprint density at radius 3 is 1.36 bits per heavy atom. The maximum absolute atomic E-state index is 15.5. The van der Waals surface area contributed by atoms with E-state index in [0.717, 1.165) is 38.4 Å². The van der Waals surface area contributed by atoms with Gasteiger partial charge in [-0.25, -0.2) is 36.6 Å². The molecule has 13 nitrogen and oxygen atoms in total. The van der Waals surface area contributed by atoms with Gasteiger partial charge in [-0.3, -0.25) is 9.44 Å². The molecule has 0 spiro atoms. The van der Waals surface area contributed by atoms with E-state index < -0.39 is 66.4 Å². The number of ether oxygens (including phenoxy) is 1. The molecule has 0 bridgehead atoms. The first kappa shape index (κ1) is 38.9. The highest BCUT2D eigenvalue weighted by Gasteiger charge is 2.22. The summed E-state index contributed by atoms with van der Waals surface area (Å²) in [6, 6.07) is 11.8. The molecule has 6 rings (SSSR count). The van der Waals surface area contributed by atoms with Crippen LogP contribution < -0.4 is 34.9 Å². The minimum atomic E-state index is -4.04. The number of benzene rings is 4. The zero-order chi connectivity index (χ0) is 40.0. The van der Waals surface area contributed by atoms with Gasteiger partial charge in [0.25, 0.3) is 20.4 Å². The predicted octanol–water partition coefficient (Wildman–Crippen LogP) is 5.80. The lowest BCUT2D eigenvalue weighted by Crippen LogP contribution is -2.27. The third kappa shape index (κ3) is 7.90. The summed E-state index contributed by atoms with van der Waals surface area (Å²) in [6.45, 7) is 2.97. The molecule has 0 amide bonds. The van der Waals surface area contributed by atoms with Crippen LogP contribution in [0, 0.1) is 37.1 Å². The normalized spacial score (nSPS) is 12.0. The molecule has 2 heterocycles. The Kier molecular flexibility index (Phi) is 10.5. The van der Waals surface area contributed by atoms with Crippen molar-refractivity contribution in [1.29, 1.82) is 0 Å². The number of fused-ring (bicyclic) bond motifs is 2. The average molecular weight is 803 g/mol. The van der Waals surface area contributed by atoms with Crippen molar-refractivity contribution in [2.24, 2.45) is 0 Å². The Hall–Kier alpha value is -5.76. The van der Waals surface area contributed by atoms with Gasteiger partial charge in [0.2, 0.25) is 0 Å². The molecule has 0 aliphatic rings. The fourth-order valence-corrected chi connectivity index (χ4v) is 6.92. The minimum absolute atomic E-state index is 0.0349. The van der Waals surface area contributed by atoms with Crippen molar-refractivity contribution in [3.63, 3.8) is 0 Å². The van der Waals surface area contributed by atoms with Gasteiger partial charge >= 0.3 is 11.3 Å². The van der Waals surface area contributed by atoms with Gasteiger partial charge in [-0.2, -0.15) is 16.8 Å². The number of anilines is 2. The standard InChI is InChI=1S/C36H30F4N4O9S2/c1-17-21-13-25(37)31(15-29(21)52-35(45)23(17)11-19-7-5-9-27(33(19)39)43-54(47,48)41-3)51-32-16-30-22(14-26(32)38)18(2)24(36(46)53-30)12-20-8-6-10-28(34(20)40)44-55(49,50)42-4/h5-10,13-16,41-44H,11-12H2,1-4H3. The first-order chi connectivity index (χ1) is 25.9. The molecule has 0 saturated carbocycles. The van der Waals surface area contributed by atoms with Crippen molar-refractivity contribution in [1.82, 2.24) is 9.44 Å². The number of halogens is 4. The molecule has 2 aromatic heterocycles. The first-order valence-corrected chi connectivity index (χ1v) is 19.1. The summed E-state index contributed by atoms with van der Waals surface area (Å²) in [6.07, 6.45) is -0.668. The van der Waals surface area contributed by atoms with Crippen LogP contribution in [0.1, 0.15) is 33.4 Å². The lowest BCUT2D eigenvalue weighted by molar-refractivity contribution is 0.413. The molecule has 0 radical (unpaired) electrons. The van der Waals surface area contributed by atoms with Gasteiger partial charge in [0.1, 0.15) is 11.2 Å². The van der Waals surface area contributed by atoms with Crippen LogP contribution in [0.15, 0.2) is 79.1 Å². The van der Waals surface area contributed by atoms with Gasteiger partial charge in [-0.05, 0) is 60.4 Å². The van der Waals surface area contributed by atoms with Crippen LogP contribution in [-0.4, -0.2) is 30.9 Å². The van der Waals surface area contributed by atoms with Crippen LogP contribution in [0.4, 0.5) is 28.9 Å². The van der Waals surface area contributed by atoms with Crippen LogP contribution in [0.25, 0.3) is 21.9 Å². The molecule has 0 atom stereocenters. The van der Waals surface area contributed by atoms with Crippen molar-refractivity contribution in [2.45, 2.75) is 26.7 Å². The first-order valence-electron chi connectivity index (χ1n) is 16.1. The van der Waals surface area contributed by atoms with E-state index in [9.17, 15) is 26.4 Å². The van der Waals surface area contributed by atoms with Gasteiger partial charge in [-0.1, -0.05) is 24.3 Å². The highest BCUT2D eigenvalue weighted by atomic mass is 32.2. The van der Waals surface area contributed by atoms with Crippen molar-refractivity contribution >= 4 is 53.7 Å². The van der Waals surface area contributed by atoms with E-state index in [2.05, 4.69) is 0 Å². The fraction of sp³-hybridized carbons (Fsp3) is 0.167. The van der Waals surface area contributed by atoms with Gasteiger partial charge < -0.3 is 13.6 Å². The summed E-state index contributed by atoms with van der Waals surface area (Å²) in [5.74, 6) is -5.00. The third-order valence-electron chi connectivity index (χ3n) is 8.82. The second-order valence-corrected chi connectivity index (χ2v) is 15.4. The van der Waals surface area contributed by atoms with E-state index in [4.69, 9.17) is 13.6 Å². The molecule has 0 aliphatic heterocycles. The van der Waals surface area contributed by atoms with E-state index >= 15 is 17.6 Å². The molecular formula is C36H30F4N4O9S2. The monoisotopic (exact) mass is 802 g/mol. The Morgan fingerprint density at radius 1 is 0.618 bits per heavy atom. The summed E-state index contributed by atoms with van der Waals surface area (Å²) in [7, 11) is -5.82. The predicted molar refractivity (Wildman–Crippen MR) is 196 cm³/mol. The zero-order valence-electron chi connectivity index (χ0n) is 29.2. The Morgan fingerprint density at radius 2 is 1.00 bits per heavy atom.